The Hall–Kier alpha value is -1.59. The number of halogens is 2. The summed E-state index contributed by atoms with van der Waals surface area (Å²) in [6.45, 7) is 7.07. The van der Waals surface area contributed by atoms with Crippen molar-refractivity contribution in [1.82, 2.24) is 10.5 Å². The molecule has 0 aliphatic heterocycles. The van der Waals surface area contributed by atoms with E-state index in [1.807, 2.05) is 6.07 Å². The average molecular weight is 313 g/mol. The van der Waals surface area contributed by atoms with E-state index in [1.165, 1.54) is 18.2 Å². The lowest BCUT2D eigenvalue weighted by Gasteiger charge is -2.19. The number of nitrogens with zero attached hydrogens (tertiary/aromatic N) is 1. The van der Waals surface area contributed by atoms with Crippen LogP contribution in [-0.2, 0) is 13.2 Å². The Labute approximate surface area is 128 Å². The lowest BCUT2D eigenvalue weighted by atomic mass is 10.1. The zero-order valence-corrected chi connectivity index (χ0v) is 13.0. The fourth-order valence-corrected chi connectivity index (χ4v) is 1.75. The van der Waals surface area contributed by atoms with Crippen molar-refractivity contribution >= 4 is 11.6 Å². The molecule has 1 heterocycles. The highest BCUT2D eigenvalue weighted by Crippen LogP contribution is 2.22. The topological polar surface area (TPSA) is 47.3 Å². The normalized spacial score (nSPS) is 11.7. The van der Waals surface area contributed by atoms with Gasteiger partial charge in [0.1, 0.15) is 18.2 Å². The van der Waals surface area contributed by atoms with Crippen LogP contribution in [-0.4, -0.2) is 10.7 Å². The third-order valence-electron chi connectivity index (χ3n) is 2.68. The maximum Gasteiger partial charge on any atom is 0.174 e. The molecule has 6 heteroatoms. The summed E-state index contributed by atoms with van der Waals surface area (Å²) in [5.74, 6) is 0.604. The molecule has 1 N–H and O–H groups in total. The Morgan fingerprint density at radius 2 is 2.10 bits per heavy atom. The van der Waals surface area contributed by atoms with Crippen LogP contribution in [0.15, 0.2) is 28.8 Å². The SMILES string of the molecule is CC(C)(C)NCc1cc(COc2ccc(F)c(Cl)c2)on1. The van der Waals surface area contributed by atoms with Gasteiger partial charge in [-0.1, -0.05) is 16.8 Å². The Morgan fingerprint density at radius 1 is 1.33 bits per heavy atom. The van der Waals surface area contributed by atoms with Crippen LogP contribution in [0.3, 0.4) is 0 Å². The highest BCUT2D eigenvalue weighted by atomic mass is 35.5. The van der Waals surface area contributed by atoms with Crippen molar-refractivity contribution < 1.29 is 13.7 Å². The van der Waals surface area contributed by atoms with Crippen LogP contribution in [0.1, 0.15) is 32.2 Å². The zero-order chi connectivity index (χ0) is 15.5. The Kier molecular flexibility index (Phi) is 4.85. The van der Waals surface area contributed by atoms with E-state index in [0.29, 0.717) is 18.1 Å². The molecule has 0 saturated heterocycles. The van der Waals surface area contributed by atoms with Crippen molar-refractivity contribution in [2.75, 3.05) is 0 Å². The molecule has 0 saturated carbocycles. The summed E-state index contributed by atoms with van der Waals surface area (Å²) in [5, 5.41) is 7.30. The number of hydrogen-bond donors (Lipinski definition) is 1. The van der Waals surface area contributed by atoms with Gasteiger partial charge in [-0.3, -0.25) is 0 Å². The molecule has 0 fully saturated rings. The molecule has 0 aliphatic rings. The van der Waals surface area contributed by atoms with Gasteiger partial charge in [0.2, 0.25) is 0 Å². The van der Waals surface area contributed by atoms with Crippen LogP contribution in [0.5, 0.6) is 5.75 Å². The molecule has 0 amide bonds. The van der Waals surface area contributed by atoms with Crippen molar-refractivity contribution in [3.05, 3.63) is 46.6 Å². The standard InChI is InChI=1S/C15H18ClFN2O2/c1-15(2,3)18-8-10-6-12(21-19-10)9-20-11-4-5-14(17)13(16)7-11/h4-7,18H,8-9H2,1-3H3. The minimum Gasteiger partial charge on any atom is -0.485 e. The van der Waals surface area contributed by atoms with Gasteiger partial charge in [-0.15, -0.1) is 0 Å². The molecule has 0 aliphatic carbocycles. The Bertz CT molecular complexity index is 608. The first-order valence-electron chi connectivity index (χ1n) is 6.61. The van der Waals surface area contributed by atoms with Gasteiger partial charge in [0.05, 0.1) is 10.7 Å². The number of benzene rings is 1. The third kappa shape index (κ3) is 5.02. The van der Waals surface area contributed by atoms with E-state index in [9.17, 15) is 4.39 Å². The van der Waals surface area contributed by atoms with Gasteiger partial charge in [-0.2, -0.15) is 0 Å². The predicted molar refractivity (Wildman–Crippen MR) is 78.8 cm³/mol. The Morgan fingerprint density at radius 3 is 2.76 bits per heavy atom. The van der Waals surface area contributed by atoms with Crippen LogP contribution >= 0.6 is 11.6 Å². The van der Waals surface area contributed by atoms with E-state index in [1.54, 1.807) is 0 Å². The molecule has 0 bridgehead atoms. The number of nitrogens with one attached hydrogen (secondary N) is 1. The van der Waals surface area contributed by atoms with Gasteiger partial charge >= 0.3 is 0 Å². The molecule has 114 valence electrons. The number of ether oxygens (including phenoxy) is 1. The van der Waals surface area contributed by atoms with Crippen molar-refractivity contribution in [1.29, 1.82) is 0 Å². The minimum absolute atomic E-state index is 0.0144. The van der Waals surface area contributed by atoms with Gasteiger partial charge in [-0.25, -0.2) is 4.39 Å². The highest BCUT2D eigenvalue weighted by Gasteiger charge is 2.11. The second kappa shape index (κ2) is 6.45. The fraction of sp³-hybridized carbons (Fsp3) is 0.400. The monoisotopic (exact) mass is 312 g/mol. The molecule has 0 atom stereocenters. The van der Waals surface area contributed by atoms with Crippen molar-refractivity contribution in [2.24, 2.45) is 0 Å². The molecule has 2 aromatic rings. The highest BCUT2D eigenvalue weighted by molar-refractivity contribution is 6.30. The largest absolute Gasteiger partial charge is 0.485 e. The quantitative estimate of drug-likeness (QED) is 0.908. The third-order valence-corrected chi connectivity index (χ3v) is 2.97. The first-order chi connectivity index (χ1) is 9.83. The first-order valence-corrected chi connectivity index (χ1v) is 6.99. The van der Waals surface area contributed by atoms with Gasteiger partial charge in [0, 0.05) is 24.2 Å². The zero-order valence-electron chi connectivity index (χ0n) is 12.2. The second-order valence-corrected chi connectivity index (χ2v) is 6.16. The maximum absolute atomic E-state index is 13.0. The lowest BCUT2D eigenvalue weighted by molar-refractivity contribution is 0.248. The van der Waals surface area contributed by atoms with E-state index in [2.05, 4.69) is 31.2 Å². The van der Waals surface area contributed by atoms with Crippen LogP contribution in [0, 0.1) is 5.82 Å². The lowest BCUT2D eigenvalue weighted by Crippen LogP contribution is -2.35. The van der Waals surface area contributed by atoms with Gasteiger partial charge < -0.3 is 14.6 Å². The molecular formula is C15H18ClFN2O2. The summed E-state index contributed by atoms with van der Waals surface area (Å²) in [4.78, 5) is 0. The van der Waals surface area contributed by atoms with Crippen LogP contribution in [0.25, 0.3) is 0 Å². The van der Waals surface area contributed by atoms with E-state index in [-0.39, 0.29) is 17.2 Å². The maximum atomic E-state index is 13.0. The second-order valence-electron chi connectivity index (χ2n) is 5.75. The van der Waals surface area contributed by atoms with Crippen molar-refractivity contribution in [3.8, 4) is 5.75 Å². The Balaban J connectivity index is 1.89. The summed E-state index contributed by atoms with van der Waals surface area (Å²) in [5.41, 5.74) is 0.821. The van der Waals surface area contributed by atoms with Crippen LogP contribution < -0.4 is 10.1 Å². The van der Waals surface area contributed by atoms with Crippen LogP contribution in [0.4, 0.5) is 4.39 Å². The number of aromatic nitrogens is 1. The van der Waals surface area contributed by atoms with E-state index in [0.717, 1.165) is 5.69 Å². The summed E-state index contributed by atoms with van der Waals surface area (Å²) < 4.78 is 23.7. The number of rotatable bonds is 5. The van der Waals surface area contributed by atoms with Crippen LogP contribution in [0.2, 0.25) is 5.02 Å². The minimum atomic E-state index is -0.473. The molecule has 1 aromatic heterocycles. The summed E-state index contributed by atoms with van der Waals surface area (Å²) >= 11 is 5.68. The van der Waals surface area contributed by atoms with Gasteiger partial charge in [-0.05, 0) is 32.9 Å². The van der Waals surface area contributed by atoms with Crippen molar-refractivity contribution in [3.63, 3.8) is 0 Å². The first kappa shape index (κ1) is 15.8. The summed E-state index contributed by atoms with van der Waals surface area (Å²) in [6, 6.07) is 6.02. The fourth-order valence-electron chi connectivity index (χ4n) is 1.58. The van der Waals surface area contributed by atoms with Gasteiger partial charge in [0.25, 0.3) is 0 Å². The molecule has 0 radical (unpaired) electrons. The average Bonchev–Trinajstić information content (AvgIpc) is 2.85. The summed E-state index contributed by atoms with van der Waals surface area (Å²) in [7, 11) is 0. The molecule has 4 nitrogen and oxygen atoms in total. The van der Waals surface area contributed by atoms with E-state index < -0.39 is 5.82 Å². The van der Waals surface area contributed by atoms with E-state index in [4.69, 9.17) is 20.9 Å². The van der Waals surface area contributed by atoms with Gasteiger partial charge in [0.15, 0.2) is 5.76 Å². The molecule has 0 spiro atoms. The number of hydrogen-bond acceptors (Lipinski definition) is 4. The summed E-state index contributed by atoms with van der Waals surface area (Å²) in [6.07, 6.45) is 0. The van der Waals surface area contributed by atoms with Crippen molar-refractivity contribution in [2.45, 2.75) is 39.5 Å². The molecule has 0 unspecified atom stereocenters. The molecular weight excluding hydrogens is 295 g/mol. The predicted octanol–water partition coefficient (Wildman–Crippen LogP) is 3.93. The smallest absolute Gasteiger partial charge is 0.174 e. The molecule has 1 aromatic carbocycles. The molecule has 21 heavy (non-hydrogen) atoms. The van der Waals surface area contributed by atoms with E-state index >= 15 is 0 Å². The molecule has 2 rings (SSSR count).